The van der Waals surface area contributed by atoms with Crippen LogP contribution in [0, 0.1) is 11.3 Å². The molecule has 0 aliphatic rings. The van der Waals surface area contributed by atoms with Crippen molar-refractivity contribution in [3.8, 4) is 6.07 Å². The number of nitrogens with zero attached hydrogens (tertiary/aromatic N) is 1. The lowest BCUT2D eigenvalue weighted by Gasteiger charge is -2.15. The highest BCUT2D eigenvalue weighted by molar-refractivity contribution is 5.80. The van der Waals surface area contributed by atoms with Gasteiger partial charge in [-0.25, -0.2) is 0 Å². The Morgan fingerprint density at radius 3 is 1.96 bits per heavy atom. The van der Waals surface area contributed by atoms with Gasteiger partial charge in [0.15, 0.2) is 0 Å². The van der Waals surface area contributed by atoms with Gasteiger partial charge in [0, 0.05) is 0 Å². The summed E-state index contributed by atoms with van der Waals surface area (Å²) < 4.78 is 0. The second kappa shape index (κ2) is 7.92. The van der Waals surface area contributed by atoms with Crippen LogP contribution in [0.2, 0.25) is 0 Å². The summed E-state index contributed by atoms with van der Waals surface area (Å²) in [6.45, 7) is 1.52. The van der Waals surface area contributed by atoms with Crippen LogP contribution in [0.15, 0.2) is 66.7 Å². The minimum Gasteiger partial charge on any atom is -0.480 e. The van der Waals surface area contributed by atoms with Gasteiger partial charge in [-0.2, -0.15) is 5.26 Å². The smallest absolute Gasteiger partial charge is 0.320 e. The zero-order valence-corrected chi connectivity index (χ0v) is 12.8. The molecule has 0 amide bonds. The Bertz CT molecular complexity index is 677. The molecule has 1 unspecified atom stereocenters. The molecule has 2 aromatic rings. The molecule has 0 aliphatic heterocycles. The second-order valence-corrected chi connectivity index (χ2v) is 5.15. The molecule has 0 aromatic heterocycles. The van der Waals surface area contributed by atoms with Gasteiger partial charge in [0.1, 0.15) is 12.1 Å². The average Bonchev–Trinajstić information content (AvgIpc) is 2.59. The highest BCUT2D eigenvalue weighted by atomic mass is 16.4. The molecular weight excluding hydrogens is 288 g/mol. The molecule has 2 aromatic carbocycles. The van der Waals surface area contributed by atoms with E-state index in [1.807, 2.05) is 60.7 Å². The fraction of sp³-hybridized carbons (Fsp3) is 0.158. The topological polar surface area (TPSA) is 73.1 Å². The number of hydrogen-bond acceptors (Lipinski definition) is 3. The lowest BCUT2D eigenvalue weighted by molar-refractivity contribution is -0.139. The van der Waals surface area contributed by atoms with Crippen LogP contribution in [0.4, 0.5) is 0 Å². The quantitative estimate of drug-likeness (QED) is 0.860. The van der Waals surface area contributed by atoms with Crippen LogP contribution in [-0.2, 0) is 4.79 Å². The van der Waals surface area contributed by atoms with Gasteiger partial charge in [-0.15, -0.1) is 0 Å². The molecule has 2 atom stereocenters. The summed E-state index contributed by atoms with van der Waals surface area (Å²) in [7, 11) is 0. The highest BCUT2D eigenvalue weighted by Gasteiger charge is 2.16. The van der Waals surface area contributed by atoms with Gasteiger partial charge in [0.05, 0.1) is 6.07 Å². The van der Waals surface area contributed by atoms with E-state index in [0.717, 1.165) is 16.7 Å². The summed E-state index contributed by atoms with van der Waals surface area (Å²) in [5, 5.41) is 21.2. The molecule has 4 heteroatoms. The van der Waals surface area contributed by atoms with E-state index in [9.17, 15) is 10.1 Å². The summed E-state index contributed by atoms with van der Waals surface area (Å²) >= 11 is 0. The van der Waals surface area contributed by atoms with Crippen molar-refractivity contribution in [3.63, 3.8) is 0 Å². The summed E-state index contributed by atoms with van der Waals surface area (Å²) in [5.41, 5.74) is 2.84. The number of carboxylic acid groups (broad SMARTS) is 1. The number of carboxylic acids is 1. The van der Waals surface area contributed by atoms with Crippen LogP contribution in [0.5, 0.6) is 0 Å². The van der Waals surface area contributed by atoms with Crippen molar-refractivity contribution >= 4 is 11.5 Å². The van der Waals surface area contributed by atoms with Crippen LogP contribution in [0.1, 0.15) is 18.1 Å². The molecule has 116 valence electrons. The van der Waals surface area contributed by atoms with Gasteiger partial charge in [0.2, 0.25) is 0 Å². The maximum atomic E-state index is 11.0. The second-order valence-electron chi connectivity index (χ2n) is 5.15. The number of nitrogens with one attached hydrogen (secondary N) is 1. The molecule has 0 aliphatic carbocycles. The third kappa shape index (κ3) is 4.53. The maximum absolute atomic E-state index is 11.0. The third-order valence-corrected chi connectivity index (χ3v) is 3.44. The van der Waals surface area contributed by atoms with E-state index in [2.05, 4.69) is 11.4 Å². The molecule has 4 nitrogen and oxygen atoms in total. The van der Waals surface area contributed by atoms with E-state index in [4.69, 9.17) is 5.11 Å². The Hall–Kier alpha value is -2.90. The van der Waals surface area contributed by atoms with Crippen molar-refractivity contribution in [2.75, 3.05) is 0 Å². The van der Waals surface area contributed by atoms with Crippen molar-refractivity contribution in [1.29, 1.82) is 5.26 Å². The Morgan fingerprint density at radius 2 is 1.57 bits per heavy atom. The largest absolute Gasteiger partial charge is 0.480 e. The fourth-order valence-corrected chi connectivity index (χ4v) is 2.22. The molecule has 0 bridgehead atoms. The third-order valence-electron chi connectivity index (χ3n) is 3.44. The van der Waals surface area contributed by atoms with E-state index < -0.39 is 18.1 Å². The van der Waals surface area contributed by atoms with Crippen molar-refractivity contribution in [3.05, 3.63) is 77.9 Å². The van der Waals surface area contributed by atoms with Gasteiger partial charge >= 0.3 is 5.97 Å². The minimum atomic E-state index is -0.986. The van der Waals surface area contributed by atoms with Gasteiger partial charge in [-0.3, -0.25) is 10.1 Å². The first kappa shape index (κ1) is 16.5. The number of benzene rings is 2. The number of carbonyl (C=O) groups is 1. The normalized spacial score (nSPS) is 12.7. The van der Waals surface area contributed by atoms with Gasteiger partial charge in [0.25, 0.3) is 0 Å². The van der Waals surface area contributed by atoms with Crippen LogP contribution < -0.4 is 5.32 Å². The lowest BCUT2D eigenvalue weighted by atomic mass is 9.96. The molecular formula is C19H18N2O2. The predicted molar refractivity (Wildman–Crippen MR) is 89.6 cm³/mol. The SMILES string of the molecule is C[C@H](NC(C#N)C=C(c1ccccc1)c1ccccc1)C(=O)O. The fourth-order valence-electron chi connectivity index (χ4n) is 2.22. The van der Waals surface area contributed by atoms with Crippen LogP contribution >= 0.6 is 0 Å². The van der Waals surface area contributed by atoms with Crippen molar-refractivity contribution in [1.82, 2.24) is 5.32 Å². The number of hydrogen-bond donors (Lipinski definition) is 2. The minimum absolute atomic E-state index is 0.698. The molecule has 0 radical (unpaired) electrons. The summed E-state index contributed by atoms with van der Waals surface area (Å²) in [4.78, 5) is 11.0. The molecule has 23 heavy (non-hydrogen) atoms. The molecule has 2 rings (SSSR count). The van der Waals surface area contributed by atoms with Gasteiger partial charge in [-0.1, -0.05) is 60.7 Å². The van der Waals surface area contributed by atoms with E-state index in [-0.39, 0.29) is 0 Å². The molecule has 0 saturated heterocycles. The lowest BCUT2D eigenvalue weighted by Crippen LogP contribution is -2.39. The Balaban J connectivity index is 2.41. The van der Waals surface area contributed by atoms with Crippen molar-refractivity contribution < 1.29 is 9.90 Å². The Kier molecular flexibility index (Phi) is 5.67. The zero-order valence-electron chi connectivity index (χ0n) is 12.8. The number of rotatable bonds is 6. The van der Waals surface area contributed by atoms with Crippen LogP contribution in [0.3, 0.4) is 0 Å². The van der Waals surface area contributed by atoms with E-state index in [1.54, 1.807) is 6.08 Å². The monoisotopic (exact) mass is 306 g/mol. The highest BCUT2D eigenvalue weighted by Crippen LogP contribution is 2.23. The van der Waals surface area contributed by atoms with Crippen LogP contribution in [-0.4, -0.2) is 23.2 Å². The van der Waals surface area contributed by atoms with E-state index >= 15 is 0 Å². The molecule has 0 fully saturated rings. The van der Waals surface area contributed by atoms with E-state index in [0.29, 0.717) is 0 Å². The summed E-state index contributed by atoms with van der Waals surface area (Å²) in [6.07, 6.45) is 1.77. The standard InChI is InChI=1S/C19H18N2O2/c1-14(19(22)23)21-17(13-20)12-18(15-8-4-2-5-9-15)16-10-6-3-7-11-16/h2-12,14,17,21H,1H3,(H,22,23)/t14-,17?/m0/s1. The zero-order chi connectivity index (χ0) is 16.7. The van der Waals surface area contributed by atoms with Crippen molar-refractivity contribution in [2.24, 2.45) is 0 Å². The van der Waals surface area contributed by atoms with E-state index in [1.165, 1.54) is 6.92 Å². The van der Waals surface area contributed by atoms with Crippen molar-refractivity contribution in [2.45, 2.75) is 19.0 Å². The van der Waals surface area contributed by atoms with Gasteiger partial charge < -0.3 is 5.11 Å². The molecule has 2 N–H and O–H groups in total. The summed E-state index contributed by atoms with van der Waals surface area (Å²) in [6, 6.07) is 20.1. The first-order valence-electron chi connectivity index (χ1n) is 7.33. The van der Waals surface area contributed by atoms with Crippen LogP contribution in [0.25, 0.3) is 5.57 Å². The Morgan fingerprint density at radius 1 is 1.09 bits per heavy atom. The number of nitriles is 1. The number of aliphatic carboxylic acids is 1. The molecule has 0 heterocycles. The predicted octanol–water partition coefficient (Wildman–Crippen LogP) is 3.07. The first-order valence-corrected chi connectivity index (χ1v) is 7.33. The first-order chi connectivity index (χ1) is 11.1. The average molecular weight is 306 g/mol. The maximum Gasteiger partial charge on any atom is 0.320 e. The Labute approximate surface area is 135 Å². The van der Waals surface area contributed by atoms with Gasteiger partial charge in [-0.05, 0) is 29.7 Å². The molecule has 0 saturated carbocycles. The molecule has 0 spiro atoms. The summed E-state index contributed by atoms with van der Waals surface area (Å²) in [5.74, 6) is -0.986.